The number of hydrogen-bond acceptors (Lipinski definition) is 3. The quantitative estimate of drug-likeness (QED) is 0.615. The highest BCUT2D eigenvalue weighted by atomic mass is 35.5. The maximum atomic E-state index is 12.5. The zero-order valence-electron chi connectivity index (χ0n) is 8.83. The summed E-state index contributed by atoms with van der Waals surface area (Å²) < 4.78 is 37.6. The second-order valence-corrected chi connectivity index (χ2v) is 4.47. The number of pyridine rings is 1. The van der Waals surface area contributed by atoms with Crippen LogP contribution in [0.3, 0.4) is 0 Å². The molecule has 0 saturated heterocycles. The molecule has 0 radical (unpaired) electrons. The van der Waals surface area contributed by atoms with E-state index in [2.05, 4.69) is 4.98 Å². The molecule has 2 rings (SSSR count). The fraction of sp³-hybridized carbons (Fsp3) is 0.364. The fourth-order valence-corrected chi connectivity index (χ4v) is 1.96. The Kier molecular flexibility index (Phi) is 2.82. The van der Waals surface area contributed by atoms with Crippen LogP contribution in [-0.2, 0) is 0 Å². The molecule has 0 aromatic carbocycles. The lowest BCUT2D eigenvalue weighted by atomic mass is 9.94. The van der Waals surface area contributed by atoms with E-state index < -0.39 is 29.7 Å². The number of carbonyl (C=O) groups excluding carboxylic acids is 1. The smallest absolute Gasteiger partial charge is 0.292 e. The van der Waals surface area contributed by atoms with Gasteiger partial charge in [-0.25, -0.2) is 4.98 Å². The van der Waals surface area contributed by atoms with Crippen LogP contribution < -0.4 is 0 Å². The summed E-state index contributed by atoms with van der Waals surface area (Å²) in [7, 11) is 0. The van der Waals surface area contributed by atoms with Crippen molar-refractivity contribution < 1.29 is 18.0 Å². The van der Waals surface area contributed by atoms with Gasteiger partial charge in [-0.15, -0.1) is 0 Å². The molecule has 0 spiro atoms. The third-order valence-corrected chi connectivity index (χ3v) is 3.17. The molecule has 18 heavy (non-hydrogen) atoms. The lowest BCUT2D eigenvalue weighted by Gasteiger charge is -2.10. The van der Waals surface area contributed by atoms with Crippen molar-refractivity contribution >= 4 is 17.4 Å². The molecule has 0 N–H and O–H groups in total. The van der Waals surface area contributed by atoms with Crippen molar-refractivity contribution in [2.75, 3.05) is 0 Å². The summed E-state index contributed by atoms with van der Waals surface area (Å²) in [6.45, 7) is 0. The summed E-state index contributed by atoms with van der Waals surface area (Å²) in [4.78, 5) is 15.5. The first-order valence-electron chi connectivity index (χ1n) is 4.95. The van der Waals surface area contributed by atoms with E-state index in [-0.39, 0.29) is 10.7 Å². The van der Waals surface area contributed by atoms with E-state index in [0.29, 0.717) is 0 Å². The average Bonchev–Trinajstić information content (AvgIpc) is 3.05. The Hall–Kier alpha value is -1.61. The minimum absolute atomic E-state index is 0.0345. The number of alkyl halides is 3. The maximum Gasteiger partial charge on any atom is 0.393 e. The van der Waals surface area contributed by atoms with Gasteiger partial charge in [-0.3, -0.25) is 4.79 Å². The lowest BCUT2D eigenvalue weighted by Crippen LogP contribution is -2.24. The van der Waals surface area contributed by atoms with Gasteiger partial charge in [0, 0.05) is 11.8 Å². The molecule has 2 atom stereocenters. The molecule has 0 aliphatic heterocycles. The van der Waals surface area contributed by atoms with E-state index in [1.54, 1.807) is 0 Å². The number of rotatable bonds is 2. The van der Waals surface area contributed by atoms with Gasteiger partial charge in [-0.05, 0) is 18.6 Å². The second kappa shape index (κ2) is 3.95. The van der Waals surface area contributed by atoms with E-state index in [4.69, 9.17) is 16.9 Å². The number of hydrogen-bond donors (Lipinski definition) is 0. The SMILES string of the molecule is N#C[C@@]1(C(=O)c2ccc(Cl)nc2)C[C@H]1C(F)(F)F. The third-order valence-electron chi connectivity index (χ3n) is 2.95. The summed E-state index contributed by atoms with van der Waals surface area (Å²) in [6.07, 6.45) is -3.95. The number of Topliss-reactive ketones (excluding diaryl/α,β-unsaturated/α-hetero) is 1. The van der Waals surface area contributed by atoms with Gasteiger partial charge in [-0.1, -0.05) is 11.6 Å². The van der Waals surface area contributed by atoms with Crippen LogP contribution in [0, 0.1) is 22.7 Å². The highest BCUT2D eigenvalue weighted by Crippen LogP contribution is 2.61. The molecule has 3 nitrogen and oxygen atoms in total. The van der Waals surface area contributed by atoms with Gasteiger partial charge in [0.05, 0.1) is 12.0 Å². The van der Waals surface area contributed by atoms with Crippen molar-refractivity contribution in [3.63, 3.8) is 0 Å². The molecule has 7 heteroatoms. The normalized spacial score (nSPS) is 26.5. The van der Waals surface area contributed by atoms with Crippen LogP contribution in [0.4, 0.5) is 13.2 Å². The zero-order chi connectivity index (χ0) is 13.6. The van der Waals surface area contributed by atoms with Crippen LogP contribution in [0.5, 0.6) is 0 Å². The van der Waals surface area contributed by atoms with Crippen molar-refractivity contribution in [1.29, 1.82) is 5.26 Å². The van der Waals surface area contributed by atoms with E-state index in [0.717, 1.165) is 6.20 Å². The highest BCUT2D eigenvalue weighted by molar-refractivity contribution is 6.29. The molecule has 0 amide bonds. The van der Waals surface area contributed by atoms with Gasteiger partial charge < -0.3 is 0 Å². The third kappa shape index (κ3) is 1.95. The molecular weight excluding hydrogens is 269 g/mol. The largest absolute Gasteiger partial charge is 0.393 e. The second-order valence-electron chi connectivity index (χ2n) is 4.08. The Morgan fingerprint density at radius 2 is 2.22 bits per heavy atom. The van der Waals surface area contributed by atoms with Crippen molar-refractivity contribution in [2.45, 2.75) is 12.6 Å². The van der Waals surface area contributed by atoms with E-state index in [1.807, 2.05) is 0 Å². The van der Waals surface area contributed by atoms with E-state index in [9.17, 15) is 18.0 Å². The molecule has 1 aliphatic carbocycles. The van der Waals surface area contributed by atoms with Crippen molar-refractivity contribution in [3.8, 4) is 6.07 Å². The molecule has 94 valence electrons. The number of ketones is 1. The first-order valence-corrected chi connectivity index (χ1v) is 5.33. The van der Waals surface area contributed by atoms with Crippen LogP contribution >= 0.6 is 11.6 Å². The Bertz CT molecular complexity index is 535. The first kappa shape index (κ1) is 12.8. The molecular formula is C11H6ClF3N2O. The summed E-state index contributed by atoms with van der Waals surface area (Å²) in [5.74, 6) is -2.74. The van der Waals surface area contributed by atoms with Crippen LogP contribution in [0.2, 0.25) is 5.15 Å². The Morgan fingerprint density at radius 1 is 1.56 bits per heavy atom. The Balaban J connectivity index is 2.30. The van der Waals surface area contributed by atoms with Gasteiger partial charge in [-0.2, -0.15) is 18.4 Å². The number of halogens is 4. The minimum atomic E-state index is -4.54. The summed E-state index contributed by atoms with van der Waals surface area (Å²) in [6, 6.07) is 4.05. The first-order chi connectivity index (χ1) is 8.31. The molecule has 1 heterocycles. The maximum absolute atomic E-state index is 12.5. The molecule has 0 bridgehead atoms. The van der Waals surface area contributed by atoms with Gasteiger partial charge in [0.25, 0.3) is 0 Å². The lowest BCUT2D eigenvalue weighted by molar-refractivity contribution is -0.152. The summed E-state index contributed by atoms with van der Waals surface area (Å²) in [5.41, 5.74) is -2.03. The fourth-order valence-electron chi connectivity index (χ4n) is 1.85. The van der Waals surface area contributed by atoms with E-state index >= 15 is 0 Å². The minimum Gasteiger partial charge on any atom is -0.292 e. The zero-order valence-corrected chi connectivity index (χ0v) is 9.59. The van der Waals surface area contributed by atoms with Crippen molar-refractivity contribution in [2.24, 2.45) is 11.3 Å². The van der Waals surface area contributed by atoms with Crippen LogP contribution in [0.15, 0.2) is 18.3 Å². The number of nitriles is 1. The number of aromatic nitrogens is 1. The van der Waals surface area contributed by atoms with Crippen molar-refractivity contribution in [3.05, 3.63) is 29.0 Å². The van der Waals surface area contributed by atoms with Crippen LogP contribution in [0.1, 0.15) is 16.8 Å². The highest BCUT2D eigenvalue weighted by Gasteiger charge is 2.71. The number of carbonyl (C=O) groups is 1. The van der Waals surface area contributed by atoms with Gasteiger partial charge in [0.2, 0.25) is 0 Å². The number of nitrogens with zero attached hydrogens (tertiary/aromatic N) is 2. The molecule has 1 saturated carbocycles. The summed E-state index contributed by atoms with van der Waals surface area (Å²) >= 11 is 5.51. The molecule has 1 aromatic heterocycles. The van der Waals surface area contributed by atoms with Gasteiger partial charge in [0.15, 0.2) is 5.78 Å². The van der Waals surface area contributed by atoms with Crippen LogP contribution in [0.25, 0.3) is 0 Å². The average molecular weight is 275 g/mol. The van der Waals surface area contributed by atoms with E-state index in [1.165, 1.54) is 18.2 Å². The Morgan fingerprint density at radius 3 is 2.61 bits per heavy atom. The monoisotopic (exact) mass is 274 g/mol. The molecule has 0 unspecified atom stereocenters. The predicted molar refractivity (Wildman–Crippen MR) is 55.8 cm³/mol. The molecule has 1 fully saturated rings. The topological polar surface area (TPSA) is 53.8 Å². The molecule has 1 aliphatic rings. The Labute approximate surface area is 105 Å². The van der Waals surface area contributed by atoms with Crippen molar-refractivity contribution in [1.82, 2.24) is 4.98 Å². The molecule has 1 aromatic rings. The van der Waals surface area contributed by atoms with Gasteiger partial charge >= 0.3 is 6.18 Å². The summed E-state index contributed by atoms with van der Waals surface area (Å²) in [5, 5.41) is 8.98. The van der Waals surface area contributed by atoms with Gasteiger partial charge in [0.1, 0.15) is 10.6 Å². The standard InChI is InChI=1S/C11H6ClF3N2O/c12-8-2-1-6(4-17-8)9(18)10(5-16)3-7(10)11(13,14)15/h1-2,4,7H,3H2/t7-,10+/m1/s1. The predicted octanol–water partition coefficient (Wildman–Crippen LogP) is 3.01. The van der Waals surface area contributed by atoms with Crippen LogP contribution in [-0.4, -0.2) is 16.9 Å².